The Morgan fingerprint density at radius 3 is 2.43 bits per heavy atom. The fourth-order valence-corrected chi connectivity index (χ4v) is 3.68. The van der Waals surface area contributed by atoms with E-state index < -0.39 is 17.2 Å². The topological polar surface area (TPSA) is 77.2 Å². The normalized spacial score (nSPS) is 13.6. The molecule has 1 saturated heterocycles. The predicted molar refractivity (Wildman–Crippen MR) is 115 cm³/mol. The SMILES string of the molecule is Cc1ccc(-n2nc(C(=O)N3CCCC3)c(=O)n(Cc3ccccc3)c2=O)cc1Cl. The van der Waals surface area contributed by atoms with Gasteiger partial charge in [0, 0.05) is 18.1 Å². The van der Waals surface area contributed by atoms with Gasteiger partial charge >= 0.3 is 5.69 Å². The Hall–Kier alpha value is -3.19. The Bertz CT molecular complexity index is 1210. The molecule has 2 aromatic carbocycles. The molecule has 1 aliphatic rings. The summed E-state index contributed by atoms with van der Waals surface area (Å²) in [6.07, 6.45) is 1.77. The number of benzene rings is 2. The molecule has 0 spiro atoms. The van der Waals surface area contributed by atoms with Crippen LogP contribution in [-0.2, 0) is 6.54 Å². The Morgan fingerprint density at radius 2 is 1.77 bits per heavy atom. The van der Waals surface area contributed by atoms with Crippen LogP contribution < -0.4 is 11.2 Å². The fourth-order valence-electron chi connectivity index (χ4n) is 3.51. The van der Waals surface area contributed by atoms with Gasteiger partial charge in [0.15, 0.2) is 0 Å². The quantitative estimate of drug-likeness (QED) is 0.645. The van der Waals surface area contributed by atoms with Crippen molar-refractivity contribution >= 4 is 17.5 Å². The smallest absolute Gasteiger partial charge is 0.337 e. The third-order valence-electron chi connectivity index (χ3n) is 5.24. The molecule has 0 N–H and O–H groups in total. The van der Waals surface area contributed by atoms with Gasteiger partial charge in [-0.3, -0.25) is 14.2 Å². The van der Waals surface area contributed by atoms with Gasteiger partial charge in [0.1, 0.15) is 0 Å². The molecular formula is C22H21ClN4O3. The van der Waals surface area contributed by atoms with Crippen LogP contribution in [0.4, 0.5) is 0 Å². The van der Waals surface area contributed by atoms with E-state index in [1.54, 1.807) is 23.1 Å². The number of rotatable bonds is 4. The van der Waals surface area contributed by atoms with Crippen molar-refractivity contribution in [2.24, 2.45) is 0 Å². The lowest BCUT2D eigenvalue weighted by atomic mass is 10.2. The third kappa shape index (κ3) is 3.80. The van der Waals surface area contributed by atoms with Crippen molar-refractivity contribution < 1.29 is 4.79 Å². The average molecular weight is 425 g/mol. The van der Waals surface area contributed by atoms with Crippen LogP contribution in [0.3, 0.4) is 0 Å². The van der Waals surface area contributed by atoms with Crippen molar-refractivity contribution in [1.29, 1.82) is 0 Å². The molecule has 0 saturated carbocycles. The first-order chi connectivity index (χ1) is 14.5. The van der Waals surface area contributed by atoms with Gasteiger partial charge in [-0.2, -0.15) is 9.78 Å². The maximum Gasteiger partial charge on any atom is 0.352 e. The molecule has 7 nitrogen and oxygen atoms in total. The molecule has 1 amide bonds. The highest BCUT2D eigenvalue weighted by Crippen LogP contribution is 2.18. The van der Waals surface area contributed by atoms with E-state index in [-0.39, 0.29) is 12.2 Å². The van der Waals surface area contributed by atoms with E-state index in [0.717, 1.165) is 33.2 Å². The summed E-state index contributed by atoms with van der Waals surface area (Å²) in [6.45, 7) is 3.05. The second kappa shape index (κ2) is 8.28. The highest BCUT2D eigenvalue weighted by Gasteiger charge is 2.26. The van der Waals surface area contributed by atoms with E-state index in [9.17, 15) is 14.4 Å². The summed E-state index contributed by atoms with van der Waals surface area (Å²) in [5.41, 5.74) is 0.448. The van der Waals surface area contributed by atoms with Gasteiger partial charge in [-0.1, -0.05) is 48.0 Å². The summed E-state index contributed by atoms with van der Waals surface area (Å²) in [5.74, 6) is -0.453. The van der Waals surface area contributed by atoms with Gasteiger partial charge < -0.3 is 4.90 Å². The zero-order valence-corrected chi connectivity index (χ0v) is 17.3. The van der Waals surface area contributed by atoms with E-state index in [1.807, 2.05) is 37.3 Å². The highest BCUT2D eigenvalue weighted by atomic mass is 35.5. The largest absolute Gasteiger partial charge is 0.352 e. The first-order valence-corrected chi connectivity index (χ1v) is 10.2. The number of hydrogen-bond acceptors (Lipinski definition) is 4. The molecule has 0 aliphatic carbocycles. The summed E-state index contributed by atoms with van der Waals surface area (Å²) < 4.78 is 2.14. The standard InChI is InChI=1S/C22H21ClN4O3/c1-15-9-10-17(13-18(15)23)27-22(30)26(14-16-7-3-2-4-8-16)21(29)19(24-27)20(28)25-11-5-6-12-25/h2-4,7-10,13H,5-6,11-12,14H2,1H3. The average Bonchev–Trinajstić information content (AvgIpc) is 3.29. The summed E-state index contributed by atoms with van der Waals surface area (Å²) in [5, 5.41) is 4.65. The number of carbonyl (C=O) groups excluding carboxylic acids is 1. The zero-order valence-electron chi connectivity index (χ0n) is 16.5. The van der Waals surface area contributed by atoms with Crippen LogP contribution in [0.5, 0.6) is 0 Å². The number of carbonyl (C=O) groups is 1. The van der Waals surface area contributed by atoms with Crippen molar-refractivity contribution in [2.75, 3.05) is 13.1 Å². The van der Waals surface area contributed by atoms with E-state index in [2.05, 4.69) is 5.10 Å². The van der Waals surface area contributed by atoms with Crippen LogP contribution in [0.15, 0.2) is 58.1 Å². The van der Waals surface area contributed by atoms with E-state index in [1.165, 1.54) is 0 Å². The van der Waals surface area contributed by atoms with Crippen LogP contribution >= 0.6 is 11.6 Å². The van der Waals surface area contributed by atoms with Crippen LogP contribution in [0.2, 0.25) is 5.02 Å². The number of hydrogen-bond donors (Lipinski definition) is 0. The third-order valence-corrected chi connectivity index (χ3v) is 5.65. The maximum atomic E-state index is 13.2. The molecule has 1 aliphatic heterocycles. The number of aryl methyl sites for hydroxylation is 1. The Labute approximate surface area is 178 Å². The Balaban J connectivity index is 1.90. The lowest BCUT2D eigenvalue weighted by Crippen LogP contribution is -2.46. The molecular weight excluding hydrogens is 404 g/mol. The summed E-state index contributed by atoms with van der Waals surface area (Å²) >= 11 is 6.24. The molecule has 4 rings (SSSR count). The fraction of sp³-hybridized carbons (Fsp3) is 0.273. The maximum absolute atomic E-state index is 13.2. The van der Waals surface area contributed by atoms with Crippen LogP contribution in [-0.4, -0.2) is 38.2 Å². The number of halogens is 1. The lowest BCUT2D eigenvalue weighted by Gasteiger charge is -2.17. The number of likely N-dealkylation sites (tertiary alicyclic amines) is 1. The summed E-state index contributed by atoms with van der Waals surface area (Å²) in [7, 11) is 0. The molecule has 154 valence electrons. The number of nitrogens with zero attached hydrogens (tertiary/aromatic N) is 4. The molecule has 8 heteroatoms. The van der Waals surface area contributed by atoms with Gasteiger partial charge in [0.2, 0.25) is 5.69 Å². The van der Waals surface area contributed by atoms with Crippen LogP contribution in [0, 0.1) is 6.92 Å². The summed E-state index contributed by atoms with van der Waals surface area (Å²) in [4.78, 5) is 40.9. The molecule has 0 unspecified atom stereocenters. The second-order valence-electron chi connectivity index (χ2n) is 7.35. The van der Waals surface area contributed by atoms with E-state index >= 15 is 0 Å². The molecule has 0 atom stereocenters. The molecule has 3 aromatic rings. The van der Waals surface area contributed by atoms with Crippen molar-refractivity contribution in [3.8, 4) is 5.69 Å². The molecule has 30 heavy (non-hydrogen) atoms. The van der Waals surface area contributed by atoms with Gasteiger partial charge in [0.25, 0.3) is 11.5 Å². The minimum absolute atomic E-state index is 0.0426. The minimum Gasteiger partial charge on any atom is -0.337 e. The Kier molecular flexibility index (Phi) is 5.55. The van der Waals surface area contributed by atoms with Crippen LogP contribution in [0.1, 0.15) is 34.5 Å². The molecule has 2 heterocycles. The zero-order chi connectivity index (χ0) is 21.3. The molecule has 0 radical (unpaired) electrons. The summed E-state index contributed by atoms with van der Waals surface area (Å²) in [6, 6.07) is 14.2. The second-order valence-corrected chi connectivity index (χ2v) is 7.76. The van der Waals surface area contributed by atoms with E-state index in [4.69, 9.17) is 11.6 Å². The molecule has 1 fully saturated rings. The first kappa shape index (κ1) is 20.1. The van der Waals surface area contributed by atoms with E-state index in [0.29, 0.717) is 23.8 Å². The minimum atomic E-state index is -0.685. The van der Waals surface area contributed by atoms with Crippen LogP contribution in [0.25, 0.3) is 5.69 Å². The molecule has 1 aromatic heterocycles. The van der Waals surface area contributed by atoms with Gasteiger partial charge in [-0.15, -0.1) is 0 Å². The lowest BCUT2D eigenvalue weighted by molar-refractivity contribution is 0.0781. The predicted octanol–water partition coefficient (Wildman–Crippen LogP) is 2.64. The van der Waals surface area contributed by atoms with Crippen molar-refractivity contribution in [3.05, 3.63) is 91.2 Å². The molecule has 0 bridgehead atoms. The monoisotopic (exact) mass is 424 g/mol. The van der Waals surface area contributed by atoms with Crippen molar-refractivity contribution in [3.63, 3.8) is 0 Å². The van der Waals surface area contributed by atoms with Gasteiger partial charge in [-0.05, 0) is 43.0 Å². The van der Waals surface area contributed by atoms with Gasteiger partial charge in [-0.25, -0.2) is 4.79 Å². The number of amides is 1. The Morgan fingerprint density at radius 1 is 1.07 bits per heavy atom. The van der Waals surface area contributed by atoms with Crippen molar-refractivity contribution in [2.45, 2.75) is 26.3 Å². The highest BCUT2D eigenvalue weighted by molar-refractivity contribution is 6.31. The van der Waals surface area contributed by atoms with Crippen molar-refractivity contribution in [1.82, 2.24) is 19.2 Å². The van der Waals surface area contributed by atoms with Gasteiger partial charge in [0.05, 0.1) is 12.2 Å². The first-order valence-electron chi connectivity index (χ1n) is 9.79. The number of aromatic nitrogens is 3.